The average molecular weight is 497 g/mol. The van der Waals surface area contributed by atoms with E-state index in [1.807, 2.05) is 28.8 Å². The van der Waals surface area contributed by atoms with Crippen LogP contribution in [-0.4, -0.2) is 39.4 Å². The van der Waals surface area contributed by atoms with Crippen LogP contribution < -0.4 is 5.32 Å². The molecule has 1 N–H and O–H groups in total. The number of nitrogens with one attached hydrogen (secondary N) is 1. The number of halogens is 2. The lowest BCUT2D eigenvalue weighted by molar-refractivity contribution is -0.126. The van der Waals surface area contributed by atoms with E-state index in [-0.39, 0.29) is 36.2 Å². The summed E-state index contributed by atoms with van der Waals surface area (Å²) in [5.74, 6) is -0.788. The van der Waals surface area contributed by atoms with Crippen LogP contribution in [0.2, 0.25) is 5.02 Å². The van der Waals surface area contributed by atoms with Gasteiger partial charge in [0.2, 0.25) is 5.91 Å². The minimum absolute atomic E-state index is 0.110. The molecule has 2 aromatic carbocycles. The summed E-state index contributed by atoms with van der Waals surface area (Å²) < 4.78 is 21.8. The van der Waals surface area contributed by atoms with Crippen molar-refractivity contribution in [2.75, 3.05) is 13.1 Å². The van der Waals surface area contributed by atoms with Gasteiger partial charge in [0, 0.05) is 36.1 Å². The molecule has 35 heavy (non-hydrogen) atoms. The van der Waals surface area contributed by atoms with E-state index in [1.165, 1.54) is 6.07 Å². The summed E-state index contributed by atoms with van der Waals surface area (Å²) in [4.78, 5) is 31.9. The summed E-state index contributed by atoms with van der Waals surface area (Å²) in [5.41, 5.74) is 2.66. The zero-order valence-electron chi connectivity index (χ0n) is 19.1. The molecule has 2 amide bonds. The number of fused-ring (bicyclic) bond motifs is 1. The minimum atomic E-state index is -0.333. The van der Waals surface area contributed by atoms with Gasteiger partial charge in [-0.05, 0) is 36.6 Å². The molecule has 7 nitrogen and oxygen atoms in total. The lowest BCUT2D eigenvalue weighted by Gasteiger charge is -2.31. The Hall–Kier alpha value is -3.23. The standard InChI is InChI=1S/C26H26ClFN4O3/c27-20-7-5-17(6-8-20)23-14-32-16-30-24(22(32)15-35-23)26(34)31-11-9-18(10-12-31)25(33)29-13-19-3-1-2-4-21(19)28/h1-8,16,18,23H,9-15H2,(H,29,33). The van der Waals surface area contributed by atoms with Crippen molar-refractivity contribution in [1.29, 1.82) is 0 Å². The average Bonchev–Trinajstić information content (AvgIpc) is 3.31. The van der Waals surface area contributed by atoms with Gasteiger partial charge in [0.05, 0.1) is 25.2 Å². The molecule has 2 aliphatic heterocycles. The fourth-order valence-corrected chi connectivity index (χ4v) is 4.77. The van der Waals surface area contributed by atoms with E-state index in [9.17, 15) is 14.0 Å². The van der Waals surface area contributed by atoms with Crippen LogP contribution in [0, 0.1) is 11.7 Å². The van der Waals surface area contributed by atoms with Gasteiger partial charge in [0.15, 0.2) is 5.69 Å². The SMILES string of the molecule is O=C(NCc1ccccc1F)C1CCN(C(=O)c2ncn3c2COC(c2ccc(Cl)cc2)C3)CC1. The van der Waals surface area contributed by atoms with E-state index in [0.29, 0.717) is 55.4 Å². The normalized spacial score (nSPS) is 18.2. The highest BCUT2D eigenvalue weighted by Gasteiger charge is 2.32. The molecule has 1 fully saturated rings. The molecular weight excluding hydrogens is 471 g/mol. The molecule has 0 radical (unpaired) electrons. The number of piperidine rings is 1. The number of nitrogens with zero attached hydrogens (tertiary/aromatic N) is 3. The third-order valence-corrected chi connectivity index (χ3v) is 6.99. The van der Waals surface area contributed by atoms with Gasteiger partial charge < -0.3 is 19.5 Å². The van der Waals surface area contributed by atoms with Gasteiger partial charge in [-0.1, -0.05) is 41.9 Å². The van der Waals surface area contributed by atoms with E-state index in [2.05, 4.69) is 10.3 Å². The molecule has 3 heterocycles. The van der Waals surface area contributed by atoms with Crippen LogP contribution in [0.3, 0.4) is 0 Å². The first kappa shape index (κ1) is 23.5. The van der Waals surface area contributed by atoms with Gasteiger partial charge in [0.25, 0.3) is 5.91 Å². The molecule has 0 spiro atoms. The Morgan fingerprint density at radius 3 is 2.60 bits per heavy atom. The number of hydrogen-bond acceptors (Lipinski definition) is 4. The van der Waals surface area contributed by atoms with Gasteiger partial charge in [-0.25, -0.2) is 9.37 Å². The quantitative estimate of drug-likeness (QED) is 0.576. The number of benzene rings is 2. The van der Waals surface area contributed by atoms with Crippen molar-refractivity contribution in [3.8, 4) is 0 Å². The van der Waals surface area contributed by atoms with Crippen LogP contribution in [0.5, 0.6) is 0 Å². The number of aromatic nitrogens is 2. The van der Waals surface area contributed by atoms with Crippen LogP contribution in [-0.2, 0) is 29.2 Å². The number of carbonyl (C=O) groups is 2. The highest BCUT2D eigenvalue weighted by Crippen LogP contribution is 2.29. The third-order valence-electron chi connectivity index (χ3n) is 6.74. The molecule has 1 unspecified atom stereocenters. The second-order valence-corrected chi connectivity index (χ2v) is 9.36. The molecule has 0 aliphatic carbocycles. The monoisotopic (exact) mass is 496 g/mol. The maximum absolute atomic E-state index is 13.8. The van der Waals surface area contributed by atoms with E-state index >= 15 is 0 Å². The molecule has 1 saturated heterocycles. The zero-order chi connectivity index (χ0) is 24.4. The van der Waals surface area contributed by atoms with E-state index < -0.39 is 0 Å². The number of rotatable bonds is 5. The van der Waals surface area contributed by atoms with E-state index in [0.717, 1.165) is 11.3 Å². The van der Waals surface area contributed by atoms with Crippen LogP contribution >= 0.6 is 11.6 Å². The maximum atomic E-state index is 13.8. The van der Waals surface area contributed by atoms with Crippen LogP contribution in [0.4, 0.5) is 4.39 Å². The predicted octanol–water partition coefficient (Wildman–Crippen LogP) is 4.12. The topological polar surface area (TPSA) is 76.5 Å². The lowest BCUT2D eigenvalue weighted by atomic mass is 9.95. The molecule has 0 bridgehead atoms. The molecule has 2 aliphatic rings. The number of carbonyl (C=O) groups excluding carboxylic acids is 2. The molecule has 3 aromatic rings. The Balaban J connectivity index is 1.16. The number of imidazole rings is 1. The summed E-state index contributed by atoms with van der Waals surface area (Å²) in [7, 11) is 0. The number of hydrogen-bond donors (Lipinski definition) is 1. The Kier molecular flexibility index (Phi) is 6.83. The van der Waals surface area contributed by atoms with Crippen molar-refractivity contribution in [3.05, 3.63) is 88.2 Å². The first-order valence-electron chi connectivity index (χ1n) is 11.7. The van der Waals surface area contributed by atoms with E-state index in [1.54, 1.807) is 29.4 Å². The highest BCUT2D eigenvalue weighted by molar-refractivity contribution is 6.30. The first-order valence-corrected chi connectivity index (χ1v) is 12.1. The second-order valence-electron chi connectivity index (χ2n) is 8.92. The Labute approximate surface area is 207 Å². The first-order chi connectivity index (χ1) is 17.0. The zero-order valence-corrected chi connectivity index (χ0v) is 19.9. The summed E-state index contributed by atoms with van der Waals surface area (Å²) in [6.07, 6.45) is 2.67. The summed E-state index contributed by atoms with van der Waals surface area (Å²) in [5, 5.41) is 3.49. The minimum Gasteiger partial charge on any atom is -0.365 e. The molecule has 0 saturated carbocycles. The van der Waals surface area contributed by atoms with Gasteiger partial charge in [0.1, 0.15) is 11.9 Å². The molecule has 1 aromatic heterocycles. The molecule has 9 heteroatoms. The summed E-state index contributed by atoms with van der Waals surface area (Å²) >= 11 is 5.98. The molecule has 182 valence electrons. The lowest BCUT2D eigenvalue weighted by Crippen LogP contribution is -2.43. The maximum Gasteiger partial charge on any atom is 0.274 e. The van der Waals surface area contributed by atoms with Gasteiger partial charge in [-0.15, -0.1) is 0 Å². The highest BCUT2D eigenvalue weighted by atomic mass is 35.5. The summed E-state index contributed by atoms with van der Waals surface area (Å²) in [6.45, 7) is 1.96. The smallest absolute Gasteiger partial charge is 0.274 e. The van der Waals surface area contributed by atoms with Crippen LogP contribution in [0.1, 0.15) is 46.3 Å². The van der Waals surface area contributed by atoms with Crippen molar-refractivity contribution in [1.82, 2.24) is 19.8 Å². The predicted molar refractivity (Wildman–Crippen MR) is 128 cm³/mol. The molecular formula is C26H26ClFN4O3. The Morgan fingerprint density at radius 2 is 1.86 bits per heavy atom. The molecule has 1 atom stereocenters. The molecule has 5 rings (SSSR count). The second kappa shape index (κ2) is 10.2. The van der Waals surface area contributed by atoms with Crippen LogP contribution in [0.15, 0.2) is 54.9 Å². The van der Waals surface area contributed by atoms with Crippen molar-refractivity contribution < 1.29 is 18.7 Å². The third kappa shape index (κ3) is 5.09. The number of amides is 2. The largest absolute Gasteiger partial charge is 0.365 e. The van der Waals surface area contributed by atoms with Crippen molar-refractivity contribution in [2.24, 2.45) is 5.92 Å². The van der Waals surface area contributed by atoms with Crippen molar-refractivity contribution in [2.45, 2.75) is 38.6 Å². The fourth-order valence-electron chi connectivity index (χ4n) is 4.65. The van der Waals surface area contributed by atoms with Crippen LogP contribution in [0.25, 0.3) is 0 Å². The van der Waals surface area contributed by atoms with Crippen molar-refractivity contribution in [3.63, 3.8) is 0 Å². The van der Waals surface area contributed by atoms with Gasteiger partial charge in [-0.3, -0.25) is 9.59 Å². The van der Waals surface area contributed by atoms with Crippen molar-refractivity contribution >= 4 is 23.4 Å². The van der Waals surface area contributed by atoms with E-state index in [4.69, 9.17) is 16.3 Å². The van der Waals surface area contributed by atoms with Gasteiger partial charge in [-0.2, -0.15) is 0 Å². The Bertz CT molecular complexity index is 1220. The summed E-state index contributed by atoms with van der Waals surface area (Å²) in [6, 6.07) is 14.0. The Morgan fingerprint density at radius 1 is 1.11 bits per heavy atom. The fraction of sp³-hybridized carbons (Fsp3) is 0.346. The number of likely N-dealkylation sites (tertiary alicyclic amines) is 1. The van der Waals surface area contributed by atoms with Gasteiger partial charge >= 0.3 is 0 Å². The number of ether oxygens (including phenoxy) is 1.